The number of benzene rings is 1. The molecule has 2 N–H and O–H groups in total. The first-order valence-corrected chi connectivity index (χ1v) is 6.77. The SMILES string of the molecule is O=C(O)Nc1c(-c2cccc(Cl)c2Cl)noc1C1CC1. The first-order valence-electron chi connectivity index (χ1n) is 6.02. The summed E-state index contributed by atoms with van der Waals surface area (Å²) >= 11 is 12.1. The van der Waals surface area contributed by atoms with Gasteiger partial charge < -0.3 is 9.63 Å². The summed E-state index contributed by atoms with van der Waals surface area (Å²) in [5.41, 5.74) is 1.25. The van der Waals surface area contributed by atoms with Crippen LogP contribution in [0.1, 0.15) is 24.5 Å². The molecule has 1 aliphatic carbocycles. The largest absolute Gasteiger partial charge is 0.465 e. The molecular formula is C13H10Cl2N2O3. The number of nitrogens with zero attached hydrogens (tertiary/aromatic N) is 1. The Kier molecular flexibility index (Phi) is 3.31. The summed E-state index contributed by atoms with van der Waals surface area (Å²) in [4.78, 5) is 11.0. The van der Waals surface area contributed by atoms with Gasteiger partial charge in [0.25, 0.3) is 0 Å². The highest BCUT2D eigenvalue weighted by Crippen LogP contribution is 2.47. The van der Waals surface area contributed by atoms with Crippen LogP contribution < -0.4 is 5.32 Å². The Morgan fingerprint density at radius 1 is 1.40 bits per heavy atom. The molecule has 0 radical (unpaired) electrons. The number of nitrogens with one attached hydrogen (secondary N) is 1. The zero-order chi connectivity index (χ0) is 14.3. The summed E-state index contributed by atoms with van der Waals surface area (Å²) in [6.45, 7) is 0. The molecule has 0 saturated heterocycles. The Hall–Kier alpha value is -1.72. The molecule has 7 heteroatoms. The van der Waals surface area contributed by atoms with Crippen LogP contribution in [0.2, 0.25) is 10.0 Å². The molecule has 1 aromatic carbocycles. The zero-order valence-electron chi connectivity index (χ0n) is 10.2. The van der Waals surface area contributed by atoms with Crippen molar-refractivity contribution in [3.05, 3.63) is 34.0 Å². The lowest BCUT2D eigenvalue weighted by molar-refractivity contribution is 0.209. The Morgan fingerprint density at radius 2 is 2.15 bits per heavy atom. The Balaban J connectivity index is 2.13. The van der Waals surface area contributed by atoms with Gasteiger partial charge in [-0.05, 0) is 18.9 Å². The molecule has 104 valence electrons. The number of rotatable bonds is 3. The van der Waals surface area contributed by atoms with Crippen molar-refractivity contribution in [1.82, 2.24) is 5.16 Å². The van der Waals surface area contributed by atoms with Crippen LogP contribution in [0.3, 0.4) is 0 Å². The lowest BCUT2D eigenvalue weighted by atomic mass is 10.1. The highest BCUT2D eigenvalue weighted by molar-refractivity contribution is 6.43. The second kappa shape index (κ2) is 5.00. The first kappa shape index (κ1) is 13.3. The highest BCUT2D eigenvalue weighted by Gasteiger charge is 2.33. The van der Waals surface area contributed by atoms with Crippen molar-refractivity contribution >= 4 is 35.0 Å². The van der Waals surface area contributed by atoms with E-state index in [0.29, 0.717) is 32.8 Å². The minimum atomic E-state index is -1.17. The fraction of sp³-hybridized carbons (Fsp3) is 0.231. The fourth-order valence-electron chi connectivity index (χ4n) is 2.03. The van der Waals surface area contributed by atoms with Crippen LogP contribution in [0.15, 0.2) is 22.7 Å². The van der Waals surface area contributed by atoms with E-state index < -0.39 is 6.09 Å². The van der Waals surface area contributed by atoms with Crippen LogP contribution >= 0.6 is 23.2 Å². The molecule has 1 saturated carbocycles. The highest BCUT2D eigenvalue weighted by atomic mass is 35.5. The van der Waals surface area contributed by atoms with Crippen molar-refractivity contribution in [2.45, 2.75) is 18.8 Å². The summed E-state index contributed by atoms with van der Waals surface area (Å²) in [6.07, 6.45) is 0.757. The molecule has 0 bridgehead atoms. The van der Waals surface area contributed by atoms with Gasteiger partial charge in [0.2, 0.25) is 0 Å². The van der Waals surface area contributed by atoms with Gasteiger partial charge in [-0.15, -0.1) is 0 Å². The van der Waals surface area contributed by atoms with Crippen LogP contribution in [0.4, 0.5) is 10.5 Å². The zero-order valence-corrected chi connectivity index (χ0v) is 11.7. The van der Waals surface area contributed by atoms with E-state index in [1.165, 1.54) is 0 Å². The van der Waals surface area contributed by atoms with E-state index in [4.69, 9.17) is 32.8 Å². The van der Waals surface area contributed by atoms with E-state index in [1.807, 2.05) is 0 Å². The molecule has 1 heterocycles. The molecule has 0 spiro atoms. The summed E-state index contributed by atoms with van der Waals surface area (Å²) in [5, 5.41) is 16.0. The maximum Gasteiger partial charge on any atom is 0.409 e. The minimum Gasteiger partial charge on any atom is -0.465 e. The van der Waals surface area contributed by atoms with E-state index in [9.17, 15) is 4.79 Å². The molecule has 0 atom stereocenters. The van der Waals surface area contributed by atoms with Gasteiger partial charge in [0.15, 0.2) is 5.76 Å². The predicted octanol–water partition coefficient (Wildman–Crippen LogP) is 4.62. The van der Waals surface area contributed by atoms with E-state index in [0.717, 1.165) is 12.8 Å². The lowest BCUT2D eigenvalue weighted by Gasteiger charge is -2.05. The maximum absolute atomic E-state index is 11.0. The summed E-state index contributed by atoms with van der Waals surface area (Å²) in [7, 11) is 0. The second-order valence-electron chi connectivity index (χ2n) is 4.58. The first-order chi connectivity index (χ1) is 9.58. The molecular weight excluding hydrogens is 303 g/mol. The van der Waals surface area contributed by atoms with E-state index in [-0.39, 0.29) is 5.92 Å². The minimum absolute atomic E-state index is 0.219. The quantitative estimate of drug-likeness (QED) is 0.867. The van der Waals surface area contributed by atoms with Gasteiger partial charge in [-0.2, -0.15) is 0 Å². The van der Waals surface area contributed by atoms with Crippen LogP contribution in [0, 0.1) is 0 Å². The van der Waals surface area contributed by atoms with Crippen LogP contribution in [0.5, 0.6) is 0 Å². The number of carbonyl (C=O) groups is 1. The number of hydrogen-bond acceptors (Lipinski definition) is 3. The van der Waals surface area contributed by atoms with Gasteiger partial charge in [-0.1, -0.05) is 40.5 Å². The molecule has 5 nitrogen and oxygen atoms in total. The monoisotopic (exact) mass is 312 g/mol. The van der Waals surface area contributed by atoms with Crippen molar-refractivity contribution in [1.29, 1.82) is 0 Å². The fourth-order valence-corrected chi connectivity index (χ4v) is 2.42. The Labute approximate surface area is 124 Å². The molecule has 2 aromatic rings. The average molecular weight is 313 g/mol. The standard InChI is InChI=1S/C13H10Cl2N2O3/c14-8-3-1-2-7(9(8)15)10-11(16-13(18)19)12(20-17-10)6-4-5-6/h1-3,6,16H,4-5H2,(H,18,19). The number of amides is 1. The molecule has 3 rings (SSSR count). The maximum atomic E-state index is 11.0. The van der Waals surface area contributed by atoms with Crippen molar-refractivity contribution in [2.24, 2.45) is 0 Å². The number of halogens is 2. The van der Waals surface area contributed by atoms with E-state index >= 15 is 0 Å². The van der Waals surface area contributed by atoms with Gasteiger partial charge in [0, 0.05) is 11.5 Å². The Bertz CT molecular complexity index is 680. The molecule has 1 fully saturated rings. The molecule has 0 aliphatic heterocycles. The van der Waals surface area contributed by atoms with E-state index in [2.05, 4.69) is 10.5 Å². The molecule has 0 unspecified atom stereocenters. The van der Waals surface area contributed by atoms with Gasteiger partial charge in [-0.3, -0.25) is 5.32 Å². The second-order valence-corrected chi connectivity index (χ2v) is 5.36. The van der Waals surface area contributed by atoms with Gasteiger partial charge >= 0.3 is 6.09 Å². The predicted molar refractivity (Wildman–Crippen MR) is 75.6 cm³/mol. The van der Waals surface area contributed by atoms with Crippen LogP contribution in [0.25, 0.3) is 11.3 Å². The third kappa shape index (κ3) is 2.34. The molecule has 1 amide bonds. The summed E-state index contributed by atoms with van der Waals surface area (Å²) in [5.74, 6) is 0.773. The number of aromatic nitrogens is 1. The van der Waals surface area contributed by atoms with Gasteiger partial charge in [-0.25, -0.2) is 4.79 Å². The number of hydrogen-bond donors (Lipinski definition) is 2. The van der Waals surface area contributed by atoms with Crippen molar-refractivity contribution in [3.63, 3.8) is 0 Å². The average Bonchev–Trinajstić information content (AvgIpc) is 3.16. The third-order valence-electron chi connectivity index (χ3n) is 3.11. The summed E-state index contributed by atoms with van der Waals surface area (Å²) in [6, 6.07) is 5.09. The third-order valence-corrected chi connectivity index (χ3v) is 3.92. The van der Waals surface area contributed by atoms with Crippen LogP contribution in [-0.4, -0.2) is 16.4 Å². The van der Waals surface area contributed by atoms with E-state index in [1.54, 1.807) is 18.2 Å². The number of anilines is 1. The summed E-state index contributed by atoms with van der Waals surface area (Å²) < 4.78 is 5.29. The van der Waals surface area contributed by atoms with Gasteiger partial charge in [0.1, 0.15) is 11.4 Å². The molecule has 1 aliphatic rings. The Morgan fingerprint density at radius 3 is 2.80 bits per heavy atom. The van der Waals surface area contributed by atoms with Crippen molar-refractivity contribution in [2.75, 3.05) is 5.32 Å². The van der Waals surface area contributed by atoms with Crippen molar-refractivity contribution in [3.8, 4) is 11.3 Å². The normalized spacial score (nSPS) is 14.3. The smallest absolute Gasteiger partial charge is 0.409 e. The lowest BCUT2D eigenvalue weighted by Crippen LogP contribution is -2.09. The topological polar surface area (TPSA) is 75.4 Å². The number of carboxylic acid groups (broad SMARTS) is 1. The van der Waals surface area contributed by atoms with Gasteiger partial charge in [0.05, 0.1) is 10.0 Å². The molecule has 20 heavy (non-hydrogen) atoms. The van der Waals surface area contributed by atoms with Crippen molar-refractivity contribution < 1.29 is 14.4 Å². The van der Waals surface area contributed by atoms with Crippen LogP contribution in [-0.2, 0) is 0 Å². The molecule has 1 aromatic heterocycles.